The van der Waals surface area contributed by atoms with Gasteiger partial charge in [0.15, 0.2) is 0 Å². The molecule has 118 valence electrons. The van der Waals surface area contributed by atoms with E-state index in [-0.39, 0.29) is 0 Å². The van der Waals surface area contributed by atoms with Crippen LogP contribution in [0, 0.1) is 5.92 Å². The van der Waals surface area contributed by atoms with Gasteiger partial charge in [0.05, 0.1) is 12.2 Å². The Morgan fingerprint density at radius 1 is 1.33 bits per heavy atom. The quantitative estimate of drug-likeness (QED) is 0.800. The number of rotatable bonds is 7. The minimum atomic E-state index is 0.306. The van der Waals surface area contributed by atoms with Crippen LogP contribution in [0.1, 0.15) is 46.1 Å². The smallest absolute Gasteiger partial charge is 0.142 e. The largest absolute Gasteiger partial charge is 0.486 e. The van der Waals surface area contributed by atoms with Crippen molar-refractivity contribution in [3.8, 4) is 5.75 Å². The Morgan fingerprint density at radius 2 is 2.14 bits per heavy atom. The summed E-state index contributed by atoms with van der Waals surface area (Å²) in [5.41, 5.74) is 2.51. The first-order chi connectivity index (χ1) is 10.1. The fraction of sp³-hybridized carbons (Fsp3) is 0.667. The highest BCUT2D eigenvalue weighted by molar-refractivity contribution is 5.59. The number of fused-ring (bicyclic) bond motifs is 1. The van der Waals surface area contributed by atoms with Gasteiger partial charge in [0.2, 0.25) is 0 Å². The maximum absolute atomic E-state index is 5.95. The SMILES string of the molecule is CCC1CNc2cc(CC(C)NCCC(C)C)ccc2O1. The Kier molecular flexibility index (Phi) is 5.92. The van der Waals surface area contributed by atoms with Crippen LogP contribution in [0.4, 0.5) is 5.69 Å². The number of nitrogens with one attached hydrogen (secondary N) is 2. The van der Waals surface area contributed by atoms with Crippen LogP contribution in [0.25, 0.3) is 0 Å². The molecule has 21 heavy (non-hydrogen) atoms. The average molecular weight is 290 g/mol. The van der Waals surface area contributed by atoms with Gasteiger partial charge < -0.3 is 15.4 Å². The lowest BCUT2D eigenvalue weighted by atomic mass is 10.0. The molecule has 0 aliphatic carbocycles. The van der Waals surface area contributed by atoms with Crippen LogP contribution in [0.15, 0.2) is 18.2 Å². The zero-order valence-corrected chi connectivity index (χ0v) is 13.9. The second kappa shape index (κ2) is 7.69. The predicted octanol–water partition coefficient (Wildman–Crippen LogP) is 3.84. The molecule has 1 aliphatic rings. The molecule has 2 N–H and O–H groups in total. The zero-order valence-electron chi connectivity index (χ0n) is 13.9. The third-order valence-electron chi connectivity index (χ3n) is 4.07. The summed E-state index contributed by atoms with van der Waals surface area (Å²) in [5.74, 6) is 1.76. The number of anilines is 1. The first-order valence-electron chi connectivity index (χ1n) is 8.35. The number of hydrogen-bond donors (Lipinski definition) is 2. The molecule has 2 unspecified atom stereocenters. The molecular weight excluding hydrogens is 260 g/mol. The van der Waals surface area contributed by atoms with Crippen molar-refractivity contribution in [2.75, 3.05) is 18.4 Å². The van der Waals surface area contributed by atoms with Crippen LogP contribution in [0.5, 0.6) is 5.75 Å². The van der Waals surface area contributed by atoms with Gasteiger partial charge in [-0.3, -0.25) is 0 Å². The highest BCUT2D eigenvalue weighted by Crippen LogP contribution is 2.30. The van der Waals surface area contributed by atoms with E-state index in [2.05, 4.69) is 56.5 Å². The molecule has 0 fully saturated rings. The summed E-state index contributed by atoms with van der Waals surface area (Å²) in [7, 11) is 0. The second-order valence-electron chi connectivity index (χ2n) is 6.60. The molecule has 0 aromatic heterocycles. The maximum atomic E-state index is 5.95. The number of hydrogen-bond acceptors (Lipinski definition) is 3. The van der Waals surface area contributed by atoms with Gasteiger partial charge in [0, 0.05) is 6.04 Å². The van der Waals surface area contributed by atoms with Crippen LogP contribution in [-0.2, 0) is 6.42 Å². The molecule has 0 spiro atoms. The van der Waals surface area contributed by atoms with Gasteiger partial charge in [0.25, 0.3) is 0 Å². The Hall–Kier alpha value is -1.22. The molecular formula is C18H30N2O. The minimum Gasteiger partial charge on any atom is -0.486 e. The van der Waals surface area contributed by atoms with E-state index < -0.39 is 0 Å². The van der Waals surface area contributed by atoms with Crippen molar-refractivity contribution in [1.82, 2.24) is 5.32 Å². The van der Waals surface area contributed by atoms with E-state index in [4.69, 9.17) is 4.74 Å². The molecule has 0 amide bonds. The van der Waals surface area contributed by atoms with Gasteiger partial charge in [-0.1, -0.05) is 26.8 Å². The van der Waals surface area contributed by atoms with Gasteiger partial charge in [-0.05, 0) is 56.3 Å². The third kappa shape index (κ3) is 4.92. The molecule has 0 radical (unpaired) electrons. The standard InChI is InChI=1S/C18H30N2O/c1-5-16-12-20-17-11-15(6-7-18(17)21-16)10-14(4)19-9-8-13(2)3/h6-7,11,13-14,16,19-20H,5,8-10,12H2,1-4H3. The fourth-order valence-electron chi connectivity index (χ4n) is 2.66. The molecule has 1 heterocycles. The summed E-state index contributed by atoms with van der Waals surface area (Å²) in [6, 6.07) is 7.05. The third-order valence-corrected chi connectivity index (χ3v) is 4.07. The van der Waals surface area contributed by atoms with E-state index in [1.807, 2.05) is 0 Å². The molecule has 0 bridgehead atoms. The summed E-state index contributed by atoms with van der Waals surface area (Å²) in [4.78, 5) is 0. The minimum absolute atomic E-state index is 0.306. The van der Waals surface area contributed by atoms with Crippen LogP contribution in [-0.4, -0.2) is 25.2 Å². The summed E-state index contributed by atoms with van der Waals surface area (Å²) in [5, 5.41) is 7.10. The lowest BCUT2D eigenvalue weighted by molar-refractivity contribution is 0.202. The Balaban J connectivity index is 1.87. The van der Waals surface area contributed by atoms with Crippen molar-refractivity contribution < 1.29 is 4.74 Å². The number of ether oxygens (including phenoxy) is 1. The van der Waals surface area contributed by atoms with E-state index in [9.17, 15) is 0 Å². The van der Waals surface area contributed by atoms with Crippen molar-refractivity contribution in [1.29, 1.82) is 0 Å². The monoisotopic (exact) mass is 290 g/mol. The summed E-state index contributed by atoms with van der Waals surface area (Å²) in [6.45, 7) is 11.0. The van der Waals surface area contributed by atoms with Crippen LogP contribution in [0.3, 0.4) is 0 Å². The normalized spacial score (nSPS) is 18.8. The molecule has 2 atom stereocenters. The Morgan fingerprint density at radius 3 is 2.86 bits per heavy atom. The molecule has 3 nitrogen and oxygen atoms in total. The topological polar surface area (TPSA) is 33.3 Å². The molecule has 1 aromatic carbocycles. The van der Waals surface area contributed by atoms with E-state index in [0.29, 0.717) is 12.1 Å². The average Bonchev–Trinajstić information content (AvgIpc) is 2.46. The van der Waals surface area contributed by atoms with E-state index in [1.54, 1.807) is 0 Å². The number of benzene rings is 1. The summed E-state index contributed by atoms with van der Waals surface area (Å²) in [6.07, 6.45) is 3.65. The lowest BCUT2D eigenvalue weighted by Crippen LogP contribution is -2.31. The predicted molar refractivity (Wildman–Crippen MR) is 90.3 cm³/mol. The maximum Gasteiger partial charge on any atom is 0.142 e. The first-order valence-corrected chi connectivity index (χ1v) is 8.35. The Bertz CT molecular complexity index is 445. The molecule has 0 saturated carbocycles. The highest BCUT2D eigenvalue weighted by atomic mass is 16.5. The molecule has 1 aromatic rings. The van der Waals surface area contributed by atoms with Crippen molar-refractivity contribution >= 4 is 5.69 Å². The molecule has 1 aliphatic heterocycles. The van der Waals surface area contributed by atoms with Gasteiger partial charge >= 0.3 is 0 Å². The zero-order chi connectivity index (χ0) is 15.2. The van der Waals surface area contributed by atoms with Crippen molar-refractivity contribution in [2.24, 2.45) is 5.92 Å². The van der Waals surface area contributed by atoms with E-state index >= 15 is 0 Å². The van der Waals surface area contributed by atoms with E-state index in [0.717, 1.165) is 43.3 Å². The summed E-state index contributed by atoms with van der Waals surface area (Å²) >= 11 is 0. The van der Waals surface area contributed by atoms with Gasteiger partial charge in [-0.2, -0.15) is 0 Å². The van der Waals surface area contributed by atoms with Crippen LogP contribution in [0.2, 0.25) is 0 Å². The summed E-state index contributed by atoms with van der Waals surface area (Å²) < 4.78 is 5.95. The van der Waals surface area contributed by atoms with Gasteiger partial charge in [-0.25, -0.2) is 0 Å². The van der Waals surface area contributed by atoms with Crippen molar-refractivity contribution in [2.45, 2.75) is 59.1 Å². The van der Waals surface area contributed by atoms with Crippen molar-refractivity contribution in [3.05, 3.63) is 23.8 Å². The Labute approximate surface area is 129 Å². The fourth-order valence-corrected chi connectivity index (χ4v) is 2.66. The van der Waals surface area contributed by atoms with Gasteiger partial charge in [0.1, 0.15) is 11.9 Å². The van der Waals surface area contributed by atoms with Crippen LogP contribution >= 0.6 is 0 Å². The molecule has 0 saturated heterocycles. The lowest BCUT2D eigenvalue weighted by Gasteiger charge is -2.27. The highest BCUT2D eigenvalue weighted by Gasteiger charge is 2.18. The van der Waals surface area contributed by atoms with Gasteiger partial charge in [-0.15, -0.1) is 0 Å². The van der Waals surface area contributed by atoms with Crippen LogP contribution < -0.4 is 15.4 Å². The molecule has 3 heteroatoms. The first kappa shape index (κ1) is 16.2. The van der Waals surface area contributed by atoms with E-state index in [1.165, 1.54) is 12.0 Å². The van der Waals surface area contributed by atoms with Crippen molar-refractivity contribution in [3.63, 3.8) is 0 Å². The second-order valence-corrected chi connectivity index (χ2v) is 6.60. The molecule has 2 rings (SSSR count).